The molecule has 1 aromatic heterocycles. The number of carbonyl (C=O) groups excluding carboxylic acids is 1. The second-order valence-electron chi connectivity index (χ2n) is 8.30. The van der Waals surface area contributed by atoms with Gasteiger partial charge in [0.15, 0.2) is 16.3 Å². The van der Waals surface area contributed by atoms with Crippen molar-refractivity contribution in [3.63, 3.8) is 0 Å². The number of allylic oxidation sites excluding steroid dienone is 2. The van der Waals surface area contributed by atoms with Crippen LogP contribution in [-0.2, 0) is 16.0 Å². The van der Waals surface area contributed by atoms with Crippen LogP contribution < -0.4 is 24.4 Å². The Morgan fingerprint density at radius 3 is 2.70 bits per heavy atom. The molecule has 3 aromatic rings. The third-order valence-electron chi connectivity index (χ3n) is 5.98. The molecule has 1 N–H and O–H groups in total. The normalized spacial score (nSPS) is 15.1. The van der Waals surface area contributed by atoms with Gasteiger partial charge in [-0.3, -0.25) is 9.36 Å². The lowest BCUT2D eigenvalue weighted by atomic mass is 9.95. The van der Waals surface area contributed by atoms with Crippen molar-refractivity contribution in [2.24, 2.45) is 4.99 Å². The fraction of sp³-hybridized carbons (Fsp3) is 0.250. The van der Waals surface area contributed by atoms with Crippen LogP contribution in [0.4, 0.5) is 0 Å². The lowest BCUT2D eigenvalue weighted by Crippen LogP contribution is -2.39. The van der Waals surface area contributed by atoms with Gasteiger partial charge in [0.2, 0.25) is 0 Å². The van der Waals surface area contributed by atoms with Crippen LogP contribution in [0.15, 0.2) is 70.1 Å². The zero-order valence-electron chi connectivity index (χ0n) is 21.1. The number of esters is 1. The molecule has 192 valence electrons. The van der Waals surface area contributed by atoms with Crippen molar-refractivity contribution in [2.75, 3.05) is 20.8 Å². The Morgan fingerprint density at radius 1 is 1.24 bits per heavy atom. The molecule has 1 unspecified atom stereocenters. The van der Waals surface area contributed by atoms with Gasteiger partial charge in [0.05, 0.1) is 42.7 Å². The van der Waals surface area contributed by atoms with Gasteiger partial charge in [-0.05, 0) is 61.7 Å². The highest BCUT2D eigenvalue weighted by atomic mass is 32.1. The second kappa shape index (κ2) is 10.9. The molecule has 4 rings (SSSR count). The number of aromatic nitrogens is 1. The summed E-state index contributed by atoms with van der Waals surface area (Å²) >= 11 is 1.22. The number of phenolic OH excluding ortho intramolecular Hbond substituents is 1. The molecule has 0 bridgehead atoms. The van der Waals surface area contributed by atoms with E-state index in [4.69, 9.17) is 14.2 Å². The fourth-order valence-corrected chi connectivity index (χ4v) is 5.36. The van der Waals surface area contributed by atoms with E-state index in [0.717, 1.165) is 0 Å². The molecule has 1 atom stereocenters. The molecule has 1 aliphatic heterocycles. The molecule has 0 fully saturated rings. The van der Waals surface area contributed by atoms with Crippen molar-refractivity contribution in [2.45, 2.75) is 26.3 Å². The van der Waals surface area contributed by atoms with E-state index < -0.39 is 12.0 Å². The molecule has 8 nitrogen and oxygen atoms in total. The van der Waals surface area contributed by atoms with Gasteiger partial charge in [0.1, 0.15) is 5.75 Å². The Kier molecular flexibility index (Phi) is 7.63. The first-order chi connectivity index (χ1) is 17.8. The second-order valence-corrected chi connectivity index (χ2v) is 9.31. The van der Waals surface area contributed by atoms with Gasteiger partial charge in [-0.1, -0.05) is 29.5 Å². The lowest BCUT2D eigenvalue weighted by Gasteiger charge is -2.25. The standard InChI is InChI=1S/C28H28N2O6S/c1-6-9-19-12-17(13-21(35-5)25(19)31)14-22-26(32)30-24(18-10-8-11-20(15-18)34-4)23(27(33)36-7-2)16(3)29-28(30)37-22/h6,8,10-15,24,31H,1,7,9H2,2-5H3/b22-14-. The summed E-state index contributed by atoms with van der Waals surface area (Å²) in [6.45, 7) is 7.40. The minimum absolute atomic E-state index is 0.0359. The largest absolute Gasteiger partial charge is 0.504 e. The summed E-state index contributed by atoms with van der Waals surface area (Å²) in [5.41, 5.74) is 2.48. The number of hydrogen-bond donors (Lipinski definition) is 1. The van der Waals surface area contributed by atoms with Crippen molar-refractivity contribution in [3.8, 4) is 17.2 Å². The summed E-state index contributed by atoms with van der Waals surface area (Å²) in [6.07, 6.45) is 3.84. The average molecular weight is 521 g/mol. The maximum Gasteiger partial charge on any atom is 0.338 e. The van der Waals surface area contributed by atoms with Crippen molar-refractivity contribution in [1.82, 2.24) is 4.57 Å². The molecular weight excluding hydrogens is 492 g/mol. The summed E-state index contributed by atoms with van der Waals surface area (Å²) in [5.74, 6) is 0.411. The number of rotatable bonds is 8. The smallest absolute Gasteiger partial charge is 0.338 e. The Bertz CT molecular complexity index is 1580. The van der Waals surface area contributed by atoms with Crippen molar-refractivity contribution in [1.29, 1.82) is 0 Å². The van der Waals surface area contributed by atoms with E-state index in [2.05, 4.69) is 11.6 Å². The van der Waals surface area contributed by atoms with Crippen molar-refractivity contribution < 1.29 is 24.1 Å². The molecule has 0 saturated carbocycles. The van der Waals surface area contributed by atoms with E-state index in [1.54, 1.807) is 57.4 Å². The van der Waals surface area contributed by atoms with E-state index in [1.807, 2.05) is 12.1 Å². The Labute approximate surface area is 218 Å². The quantitative estimate of drug-likeness (QED) is 0.362. The van der Waals surface area contributed by atoms with E-state index in [1.165, 1.54) is 23.0 Å². The third-order valence-corrected chi connectivity index (χ3v) is 6.97. The SMILES string of the molecule is C=CCc1cc(/C=c2\sc3n(c2=O)C(c2cccc(OC)c2)C(C(=O)OCC)=C(C)N=3)cc(OC)c1O. The van der Waals surface area contributed by atoms with Gasteiger partial charge in [0.25, 0.3) is 5.56 Å². The number of ether oxygens (including phenoxy) is 3. The number of thiazole rings is 1. The van der Waals surface area contributed by atoms with Crippen LogP contribution in [0.25, 0.3) is 6.08 Å². The first-order valence-electron chi connectivity index (χ1n) is 11.7. The molecule has 1 aliphatic rings. The Hall–Kier alpha value is -4.11. The van der Waals surface area contributed by atoms with Crippen LogP contribution in [0.5, 0.6) is 17.2 Å². The monoisotopic (exact) mass is 520 g/mol. The average Bonchev–Trinajstić information content (AvgIpc) is 3.19. The Morgan fingerprint density at radius 2 is 2.03 bits per heavy atom. The summed E-state index contributed by atoms with van der Waals surface area (Å²) < 4.78 is 18.0. The molecule has 0 aliphatic carbocycles. The topological polar surface area (TPSA) is 99.4 Å². The molecule has 2 heterocycles. The molecule has 0 amide bonds. The van der Waals surface area contributed by atoms with Gasteiger partial charge in [-0.15, -0.1) is 6.58 Å². The number of hydrogen-bond acceptors (Lipinski definition) is 8. The molecule has 0 saturated heterocycles. The van der Waals surface area contributed by atoms with Crippen LogP contribution in [0, 0.1) is 0 Å². The zero-order chi connectivity index (χ0) is 26.7. The van der Waals surface area contributed by atoms with Gasteiger partial charge < -0.3 is 19.3 Å². The third kappa shape index (κ3) is 4.95. The molecule has 0 spiro atoms. The van der Waals surface area contributed by atoms with E-state index >= 15 is 0 Å². The molecule has 37 heavy (non-hydrogen) atoms. The summed E-state index contributed by atoms with van der Waals surface area (Å²) in [6, 6.07) is 9.96. The summed E-state index contributed by atoms with van der Waals surface area (Å²) in [5, 5.41) is 10.4. The van der Waals surface area contributed by atoms with Gasteiger partial charge in [-0.25, -0.2) is 9.79 Å². The lowest BCUT2D eigenvalue weighted by molar-refractivity contribution is -0.139. The molecular formula is C28H28N2O6S. The predicted molar refractivity (Wildman–Crippen MR) is 142 cm³/mol. The van der Waals surface area contributed by atoms with Crippen molar-refractivity contribution >= 4 is 23.4 Å². The number of methoxy groups -OCH3 is 2. The predicted octanol–water partition coefficient (Wildman–Crippen LogP) is 3.25. The van der Waals surface area contributed by atoms with E-state index in [9.17, 15) is 14.7 Å². The summed E-state index contributed by atoms with van der Waals surface area (Å²) in [7, 11) is 3.03. The maximum absolute atomic E-state index is 13.8. The first kappa shape index (κ1) is 26.0. The van der Waals surface area contributed by atoms with Crippen LogP contribution in [0.3, 0.4) is 0 Å². The van der Waals surface area contributed by atoms with Gasteiger partial charge in [0, 0.05) is 5.56 Å². The van der Waals surface area contributed by atoms with Crippen molar-refractivity contribution in [3.05, 3.63) is 96.7 Å². The fourth-order valence-electron chi connectivity index (χ4n) is 4.31. The van der Waals surface area contributed by atoms with Crippen LogP contribution >= 0.6 is 11.3 Å². The maximum atomic E-state index is 13.8. The number of phenols is 1. The van der Waals surface area contributed by atoms with Crippen LogP contribution in [-0.4, -0.2) is 36.5 Å². The number of aromatic hydroxyl groups is 1. The highest BCUT2D eigenvalue weighted by molar-refractivity contribution is 7.07. The minimum atomic E-state index is -0.738. The van der Waals surface area contributed by atoms with Gasteiger partial charge >= 0.3 is 5.97 Å². The van der Waals surface area contributed by atoms with Crippen LogP contribution in [0.1, 0.15) is 36.6 Å². The van der Waals surface area contributed by atoms with Crippen LogP contribution in [0.2, 0.25) is 0 Å². The first-order valence-corrected chi connectivity index (χ1v) is 12.5. The highest BCUT2D eigenvalue weighted by Gasteiger charge is 2.33. The number of carbonyl (C=O) groups is 1. The Balaban J connectivity index is 1.96. The zero-order valence-corrected chi connectivity index (χ0v) is 21.9. The molecule has 9 heteroatoms. The number of nitrogens with zero attached hydrogens (tertiary/aromatic N) is 2. The minimum Gasteiger partial charge on any atom is -0.504 e. The molecule has 2 aromatic carbocycles. The molecule has 0 radical (unpaired) electrons. The van der Waals surface area contributed by atoms with E-state index in [0.29, 0.717) is 55.2 Å². The summed E-state index contributed by atoms with van der Waals surface area (Å²) in [4.78, 5) is 31.9. The highest BCUT2D eigenvalue weighted by Crippen LogP contribution is 2.33. The van der Waals surface area contributed by atoms with Gasteiger partial charge in [-0.2, -0.15) is 0 Å². The van der Waals surface area contributed by atoms with E-state index in [-0.39, 0.29) is 17.9 Å². The number of fused-ring (bicyclic) bond motifs is 1. The number of benzene rings is 2.